The maximum atomic E-state index is 11.9. The Morgan fingerprint density at radius 2 is 1.96 bits per heavy atom. The zero-order valence-corrected chi connectivity index (χ0v) is 13.5. The molecule has 8 nitrogen and oxygen atoms in total. The van der Waals surface area contributed by atoms with Crippen molar-refractivity contribution in [2.45, 2.75) is 37.1 Å². The first-order valence-electron chi connectivity index (χ1n) is 7.41. The van der Waals surface area contributed by atoms with Gasteiger partial charge in [-0.3, -0.25) is 4.79 Å². The average Bonchev–Trinajstić information content (AvgIpc) is 2.56. The smallest absolute Gasteiger partial charge is 0.223 e. The van der Waals surface area contributed by atoms with E-state index in [-0.39, 0.29) is 13.0 Å². The van der Waals surface area contributed by atoms with E-state index in [9.17, 15) is 20.1 Å². The van der Waals surface area contributed by atoms with Crippen LogP contribution >= 0.6 is 11.6 Å². The van der Waals surface area contributed by atoms with Gasteiger partial charge in [0, 0.05) is 0 Å². The number of hydrogen-bond donors (Lipinski definition) is 5. The number of rotatable bonds is 6. The van der Waals surface area contributed by atoms with Crippen molar-refractivity contribution in [3.63, 3.8) is 0 Å². The van der Waals surface area contributed by atoms with Crippen molar-refractivity contribution in [3.8, 4) is 5.75 Å². The van der Waals surface area contributed by atoms with Crippen LogP contribution in [0.15, 0.2) is 24.3 Å². The highest BCUT2D eigenvalue weighted by molar-refractivity contribution is 6.32. The number of ether oxygens (including phenoxy) is 2. The van der Waals surface area contributed by atoms with Gasteiger partial charge >= 0.3 is 0 Å². The molecular weight excluding hydrogens is 342 g/mol. The molecule has 0 radical (unpaired) electrons. The van der Waals surface area contributed by atoms with Crippen molar-refractivity contribution >= 4 is 17.5 Å². The van der Waals surface area contributed by atoms with Gasteiger partial charge in [-0.25, -0.2) is 0 Å². The van der Waals surface area contributed by atoms with Gasteiger partial charge in [-0.1, -0.05) is 23.7 Å². The summed E-state index contributed by atoms with van der Waals surface area (Å²) in [5, 5.41) is 41.3. The van der Waals surface area contributed by atoms with Gasteiger partial charge in [0.25, 0.3) is 0 Å². The first-order valence-corrected chi connectivity index (χ1v) is 7.79. The first kappa shape index (κ1) is 18.9. The molecule has 1 heterocycles. The van der Waals surface area contributed by atoms with Crippen LogP contribution in [-0.2, 0) is 9.53 Å². The Hall–Kier alpha value is -1.42. The third kappa shape index (κ3) is 4.56. The van der Waals surface area contributed by atoms with Crippen molar-refractivity contribution in [2.75, 3.05) is 13.2 Å². The fourth-order valence-corrected chi connectivity index (χ4v) is 2.52. The van der Waals surface area contributed by atoms with Gasteiger partial charge in [0.1, 0.15) is 30.1 Å². The Kier molecular flexibility index (Phi) is 6.79. The van der Waals surface area contributed by atoms with Crippen LogP contribution in [0, 0.1) is 0 Å². The lowest BCUT2D eigenvalue weighted by atomic mass is 9.97. The molecule has 9 heteroatoms. The van der Waals surface area contributed by atoms with Gasteiger partial charge in [0.2, 0.25) is 5.91 Å². The molecule has 1 aromatic rings. The Morgan fingerprint density at radius 3 is 2.62 bits per heavy atom. The number of benzene rings is 1. The molecule has 5 N–H and O–H groups in total. The van der Waals surface area contributed by atoms with Crippen LogP contribution in [0.1, 0.15) is 6.42 Å². The Bertz CT molecular complexity index is 558. The molecule has 0 aliphatic carbocycles. The van der Waals surface area contributed by atoms with Crippen LogP contribution in [0.4, 0.5) is 0 Å². The molecule has 1 aliphatic rings. The molecule has 134 valence electrons. The number of aliphatic hydroxyl groups excluding tert-OH is 4. The van der Waals surface area contributed by atoms with E-state index in [2.05, 4.69) is 5.32 Å². The van der Waals surface area contributed by atoms with Gasteiger partial charge in [0.15, 0.2) is 6.29 Å². The minimum atomic E-state index is -1.55. The van der Waals surface area contributed by atoms with E-state index >= 15 is 0 Å². The molecule has 0 spiro atoms. The highest BCUT2D eigenvalue weighted by atomic mass is 35.5. The van der Waals surface area contributed by atoms with E-state index in [1.165, 1.54) is 0 Å². The minimum Gasteiger partial charge on any atom is -0.491 e. The van der Waals surface area contributed by atoms with E-state index in [4.69, 9.17) is 26.2 Å². The predicted molar refractivity (Wildman–Crippen MR) is 83.5 cm³/mol. The number of aliphatic hydroxyl groups is 4. The fourth-order valence-electron chi connectivity index (χ4n) is 2.33. The number of carbonyl (C=O) groups excluding carboxylic acids is 1. The molecule has 1 saturated heterocycles. The minimum absolute atomic E-state index is 0.0388. The average molecular weight is 362 g/mol. The second-order valence-corrected chi connectivity index (χ2v) is 5.76. The number of carbonyl (C=O) groups is 1. The topological polar surface area (TPSA) is 128 Å². The van der Waals surface area contributed by atoms with Crippen LogP contribution in [0.3, 0.4) is 0 Å². The summed E-state index contributed by atoms with van der Waals surface area (Å²) >= 11 is 5.92. The monoisotopic (exact) mass is 361 g/mol. The zero-order valence-electron chi connectivity index (χ0n) is 12.7. The molecule has 2 rings (SSSR count). The molecule has 24 heavy (non-hydrogen) atoms. The quantitative estimate of drug-likeness (QED) is 0.440. The van der Waals surface area contributed by atoms with Gasteiger partial charge < -0.3 is 35.2 Å². The summed E-state index contributed by atoms with van der Waals surface area (Å²) in [7, 11) is 0. The fraction of sp³-hybridized carbons (Fsp3) is 0.533. The summed E-state index contributed by atoms with van der Waals surface area (Å²) < 4.78 is 10.3. The molecule has 1 aliphatic heterocycles. The number of amides is 1. The van der Waals surface area contributed by atoms with Crippen molar-refractivity contribution < 1.29 is 34.7 Å². The van der Waals surface area contributed by atoms with Gasteiger partial charge in [-0.2, -0.15) is 0 Å². The van der Waals surface area contributed by atoms with E-state index in [0.29, 0.717) is 10.8 Å². The van der Waals surface area contributed by atoms with Crippen LogP contribution in [0.2, 0.25) is 5.02 Å². The number of nitrogens with one attached hydrogen (secondary N) is 1. The van der Waals surface area contributed by atoms with Crippen molar-refractivity contribution in [1.82, 2.24) is 5.32 Å². The molecule has 5 atom stereocenters. The zero-order chi connectivity index (χ0) is 17.7. The summed E-state index contributed by atoms with van der Waals surface area (Å²) in [4.78, 5) is 11.9. The standard InChI is InChI=1S/C15H20ClNO7/c16-8-3-1-2-4-9(8)23-6-5-11(19)17-12-14(21)13(20)10(7-18)24-15(12)22/h1-4,10,12-15,18,20-22H,5-7H2,(H,17,19)/t10-,12?,13?,14-,15?/m1/s1. The van der Waals surface area contributed by atoms with E-state index in [0.717, 1.165) is 0 Å². The lowest BCUT2D eigenvalue weighted by Gasteiger charge is -2.40. The predicted octanol–water partition coefficient (Wildman–Crippen LogP) is -0.975. The SMILES string of the molecule is O=C(CCOc1ccccc1Cl)NC1C(O)O[C@H](CO)C(O)[C@@H]1O. The Labute approximate surface area is 143 Å². The second kappa shape index (κ2) is 8.61. The third-order valence-corrected chi connectivity index (χ3v) is 3.96. The third-order valence-electron chi connectivity index (χ3n) is 3.65. The highest BCUT2D eigenvalue weighted by Gasteiger charge is 2.44. The molecule has 0 bridgehead atoms. The van der Waals surface area contributed by atoms with Gasteiger partial charge in [-0.15, -0.1) is 0 Å². The van der Waals surface area contributed by atoms with Gasteiger partial charge in [0.05, 0.1) is 24.7 Å². The normalized spacial score (nSPS) is 30.0. The number of para-hydroxylation sites is 1. The molecule has 0 aromatic heterocycles. The summed E-state index contributed by atoms with van der Waals surface area (Å²) in [6, 6.07) is 5.59. The largest absolute Gasteiger partial charge is 0.491 e. The van der Waals surface area contributed by atoms with Crippen LogP contribution in [-0.4, -0.2) is 70.2 Å². The number of hydrogen-bond acceptors (Lipinski definition) is 7. The van der Waals surface area contributed by atoms with E-state index in [1.807, 2.05) is 0 Å². The summed E-state index contributed by atoms with van der Waals surface area (Å²) in [6.45, 7) is -0.529. The van der Waals surface area contributed by atoms with Crippen molar-refractivity contribution in [3.05, 3.63) is 29.3 Å². The summed E-state index contributed by atoms with van der Waals surface area (Å²) in [5.74, 6) is -0.0716. The van der Waals surface area contributed by atoms with Crippen LogP contribution in [0.25, 0.3) is 0 Å². The number of halogens is 1. The second-order valence-electron chi connectivity index (χ2n) is 5.35. The molecule has 0 saturated carbocycles. The van der Waals surface area contributed by atoms with Gasteiger partial charge in [-0.05, 0) is 12.1 Å². The lowest BCUT2D eigenvalue weighted by Crippen LogP contribution is -2.64. The molecule has 1 aromatic carbocycles. The van der Waals surface area contributed by atoms with E-state index in [1.54, 1.807) is 24.3 Å². The first-order chi connectivity index (χ1) is 11.4. The molecule has 1 fully saturated rings. The van der Waals surface area contributed by atoms with Crippen LogP contribution in [0.5, 0.6) is 5.75 Å². The molecule has 3 unspecified atom stereocenters. The lowest BCUT2D eigenvalue weighted by molar-refractivity contribution is -0.253. The maximum absolute atomic E-state index is 11.9. The van der Waals surface area contributed by atoms with E-state index < -0.39 is 43.2 Å². The van der Waals surface area contributed by atoms with Crippen molar-refractivity contribution in [2.24, 2.45) is 0 Å². The Morgan fingerprint density at radius 1 is 1.25 bits per heavy atom. The van der Waals surface area contributed by atoms with Crippen molar-refractivity contribution in [1.29, 1.82) is 0 Å². The molecule has 1 amide bonds. The van der Waals surface area contributed by atoms with Crippen LogP contribution < -0.4 is 10.1 Å². The maximum Gasteiger partial charge on any atom is 0.223 e. The Balaban J connectivity index is 1.82. The summed E-state index contributed by atoms with van der Waals surface area (Å²) in [5.41, 5.74) is 0. The summed E-state index contributed by atoms with van der Waals surface area (Å²) in [6.07, 6.45) is -5.62. The highest BCUT2D eigenvalue weighted by Crippen LogP contribution is 2.23. The molecular formula is C15H20ClNO7.